The van der Waals surface area contributed by atoms with Crippen LogP contribution in [0.4, 0.5) is 0 Å². The van der Waals surface area contributed by atoms with E-state index in [4.69, 9.17) is 4.74 Å². The van der Waals surface area contributed by atoms with Gasteiger partial charge in [0.15, 0.2) is 0 Å². The zero-order valence-corrected chi connectivity index (χ0v) is 14.8. The third-order valence-corrected chi connectivity index (χ3v) is 6.31. The fourth-order valence-electron chi connectivity index (χ4n) is 2.99. The van der Waals surface area contributed by atoms with Gasteiger partial charge in [-0.3, -0.25) is 4.68 Å². The molecule has 0 saturated carbocycles. The highest BCUT2D eigenvalue weighted by molar-refractivity contribution is 7.89. The molecular weight excluding hydrogens is 302 g/mol. The Morgan fingerprint density at radius 1 is 1.36 bits per heavy atom. The molecule has 0 aromatic carbocycles. The van der Waals surface area contributed by atoms with Gasteiger partial charge in [-0.1, -0.05) is 6.92 Å². The Morgan fingerprint density at radius 3 is 2.59 bits per heavy atom. The van der Waals surface area contributed by atoms with Crippen LogP contribution >= 0.6 is 0 Å². The van der Waals surface area contributed by atoms with Gasteiger partial charge in [0, 0.05) is 26.7 Å². The Bertz CT molecular complexity index is 604. The smallest absolute Gasteiger partial charge is 0.246 e. The molecule has 22 heavy (non-hydrogen) atoms. The number of nitrogens with zero attached hydrogens (tertiary/aromatic N) is 3. The molecule has 1 aromatic heterocycles. The zero-order chi connectivity index (χ0) is 16.3. The molecule has 0 N–H and O–H groups in total. The summed E-state index contributed by atoms with van der Waals surface area (Å²) in [5.41, 5.74) is 1.24. The SMILES string of the molecule is CCCN(CC1CCCCO1)S(=O)(=O)c1c(C)nn(C)c1C. The van der Waals surface area contributed by atoms with Crippen LogP contribution in [0.1, 0.15) is 44.0 Å². The van der Waals surface area contributed by atoms with Gasteiger partial charge in [0.1, 0.15) is 4.90 Å². The van der Waals surface area contributed by atoms with Crippen LogP contribution in [-0.2, 0) is 21.8 Å². The van der Waals surface area contributed by atoms with Crippen molar-refractivity contribution in [2.24, 2.45) is 7.05 Å². The lowest BCUT2D eigenvalue weighted by atomic mass is 10.1. The quantitative estimate of drug-likeness (QED) is 0.801. The van der Waals surface area contributed by atoms with Crippen molar-refractivity contribution in [1.29, 1.82) is 0 Å². The highest BCUT2D eigenvalue weighted by Gasteiger charge is 2.32. The molecule has 126 valence electrons. The monoisotopic (exact) mass is 329 g/mol. The molecule has 0 spiro atoms. The molecule has 1 atom stereocenters. The van der Waals surface area contributed by atoms with Gasteiger partial charge in [0.25, 0.3) is 0 Å². The van der Waals surface area contributed by atoms with Crippen LogP contribution < -0.4 is 0 Å². The fraction of sp³-hybridized carbons (Fsp3) is 0.800. The van der Waals surface area contributed by atoms with Gasteiger partial charge in [-0.25, -0.2) is 8.42 Å². The van der Waals surface area contributed by atoms with Gasteiger partial charge >= 0.3 is 0 Å². The molecule has 7 heteroatoms. The van der Waals surface area contributed by atoms with Gasteiger partial charge < -0.3 is 4.74 Å². The van der Waals surface area contributed by atoms with Crippen molar-refractivity contribution in [1.82, 2.24) is 14.1 Å². The number of sulfonamides is 1. The maximum Gasteiger partial charge on any atom is 0.246 e. The van der Waals surface area contributed by atoms with Crippen LogP contribution in [0.15, 0.2) is 4.90 Å². The van der Waals surface area contributed by atoms with E-state index in [9.17, 15) is 8.42 Å². The maximum absolute atomic E-state index is 13.1. The lowest BCUT2D eigenvalue weighted by Gasteiger charge is -2.29. The summed E-state index contributed by atoms with van der Waals surface area (Å²) in [5, 5.41) is 4.25. The van der Waals surface area contributed by atoms with Crippen LogP contribution in [0.5, 0.6) is 0 Å². The van der Waals surface area contributed by atoms with Crippen LogP contribution in [0.25, 0.3) is 0 Å². The molecule has 0 radical (unpaired) electrons. The van der Waals surface area contributed by atoms with Gasteiger partial charge in [-0.05, 0) is 39.5 Å². The first-order valence-electron chi connectivity index (χ1n) is 7.99. The van der Waals surface area contributed by atoms with Crippen molar-refractivity contribution in [3.63, 3.8) is 0 Å². The molecule has 1 aliphatic rings. The molecule has 1 aliphatic heterocycles. The molecule has 1 fully saturated rings. The minimum atomic E-state index is -3.53. The van der Waals surface area contributed by atoms with E-state index in [0.29, 0.717) is 29.4 Å². The van der Waals surface area contributed by atoms with E-state index in [1.54, 1.807) is 29.9 Å². The van der Waals surface area contributed by atoms with Crippen LogP contribution in [0.2, 0.25) is 0 Å². The molecular formula is C15H27N3O3S. The summed E-state index contributed by atoms with van der Waals surface area (Å²) in [6, 6.07) is 0. The summed E-state index contributed by atoms with van der Waals surface area (Å²) < 4.78 is 35.1. The molecule has 0 aliphatic carbocycles. The first-order valence-corrected chi connectivity index (χ1v) is 9.43. The Morgan fingerprint density at radius 2 is 2.09 bits per heavy atom. The largest absolute Gasteiger partial charge is 0.377 e. The van der Waals surface area contributed by atoms with E-state index >= 15 is 0 Å². The summed E-state index contributed by atoms with van der Waals surface area (Å²) in [6.07, 6.45) is 3.89. The van der Waals surface area contributed by atoms with Gasteiger partial charge in [0.05, 0.1) is 17.5 Å². The summed E-state index contributed by atoms with van der Waals surface area (Å²) in [5.74, 6) is 0. The molecule has 6 nitrogen and oxygen atoms in total. The van der Waals surface area contributed by atoms with Crippen molar-refractivity contribution in [3.8, 4) is 0 Å². The molecule has 2 heterocycles. The Kier molecular flexibility index (Phi) is 5.63. The summed E-state index contributed by atoms with van der Waals surface area (Å²) in [4.78, 5) is 0.347. The minimum absolute atomic E-state index is 0.00681. The molecule has 1 saturated heterocycles. The topological polar surface area (TPSA) is 64.4 Å². The van der Waals surface area contributed by atoms with Crippen molar-refractivity contribution in [2.45, 2.75) is 57.5 Å². The lowest BCUT2D eigenvalue weighted by Crippen LogP contribution is -2.40. The first kappa shape index (κ1) is 17.4. The second kappa shape index (κ2) is 7.10. The predicted molar refractivity (Wildman–Crippen MR) is 85.3 cm³/mol. The fourth-order valence-corrected chi connectivity index (χ4v) is 4.96. The Labute approximate surface area is 133 Å². The van der Waals surface area contributed by atoms with Gasteiger partial charge in [-0.15, -0.1) is 0 Å². The van der Waals surface area contributed by atoms with E-state index in [2.05, 4.69) is 5.10 Å². The Balaban J connectivity index is 2.28. The zero-order valence-electron chi connectivity index (χ0n) is 14.0. The summed E-state index contributed by atoms with van der Waals surface area (Å²) in [7, 11) is -1.76. The number of rotatable bonds is 6. The highest BCUT2D eigenvalue weighted by atomic mass is 32.2. The third-order valence-electron chi connectivity index (χ3n) is 4.19. The second-order valence-electron chi connectivity index (χ2n) is 5.98. The van der Waals surface area contributed by atoms with E-state index in [1.807, 2.05) is 6.92 Å². The van der Waals surface area contributed by atoms with E-state index in [-0.39, 0.29) is 6.10 Å². The standard InChI is InChI=1S/C15H27N3O3S/c1-5-9-18(11-14-8-6-7-10-21-14)22(19,20)15-12(2)16-17(4)13(15)3/h14H,5-11H2,1-4H3. The minimum Gasteiger partial charge on any atom is -0.377 e. The number of aromatic nitrogens is 2. The van der Waals surface area contributed by atoms with Crippen molar-refractivity contribution >= 4 is 10.0 Å². The summed E-state index contributed by atoms with van der Waals surface area (Å²) in [6.45, 7) is 7.22. The molecule has 1 aromatic rings. The molecule has 0 bridgehead atoms. The number of ether oxygens (including phenoxy) is 1. The number of aryl methyl sites for hydroxylation is 2. The summed E-state index contributed by atoms with van der Waals surface area (Å²) >= 11 is 0. The van der Waals surface area contributed by atoms with Crippen molar-refractivity contribution in [3.05, 3.63) is 11.4 Å². The average Bonchev–Trinajstić information content (AvgIpc) is 2.73. The lowest BCUT2D eigenvalue weighted by molar-refractivity contribution is 0.00623. The van der Waals surface area contributed by atoms with Crippen molar-refractivity contribution in [2.75, 3.05) is 19.7 Å². The number of hydrogen-bond donors (Lipinski definition) is 0. The van der Waals surface area contributed by atoms with Crippen LogP contribution in [-0.4, -0.2) is 48.3 Å². The van der Waals surface area contributed by atoms with Gasteiger partial charge in [0.2, 0.25) is 10.0 Å². The highest BCUT2D eigenvalue weighted by Crippen LogP contribution is 2.25. The van der Waals surface area contributed by atoms with E-state index in [0.717, 1.165) is 32.3 Å². The molecule has 0 amide bonds. The molecule has 1 unspecified atom stereocenters. The predicted octanol–water partition coefficient (Wildman–Crippen LogP) is 2.01. The Hall–Kier alpha value is -0.920. The second-order valence-corrected chi connectivity index (χ2v) is 7.85. The molecule has 2 rings (SSSR count). The normalized spacial score (nSPS) is 19.8. The third kappa shape index (κ3) is 3.52. The van der Waals surface area contributed by atoms with Crippen LogP contribution in [0, 0.1) is 13.8 Å². The van der Waals surface area contributed by atoms with Crippen molar-refractivity contribution < 1.29 is 13.2 Å². The van der Waals surface area contributed by atoms with Gasteiger partial charge in [-0.2, -0.15) is 9.40 Å². The van der Waals surface area contributed by atoms with E-state index < -0.39 is 10.0 Å². The number of hydrogen-bond acceptors (Lipinski definition) is 4. The van der Waals surface area contributed by atoms with E-state index in [1.165, 1.54) is 0 Å². The maximum atomic E-state index is 13.1. The average molecular weight is 329 g/mol. The first-order chi connectivity index (χ1) is 10.4. The van der Waals surface area contributed by atoms with Crippen LogP contribution in [0.3, 0.4) is 0 Å².